The van der Waals surface area contributed by atoms with Crippen LogP contribution in [0.3, 0.4) is 0 Å². The SMILES string of the molecule is CC/C=C(\C=C(/N)NC)c1ccn2c([C@H](C)N3CCN(CC(F)(F)F)CC3)c(C)c(C(=O)NCc3c(OC)cc(C)[nH]c3=O)cc12. The number of hydrogen-bond acceptors (Lipinski definition) is 7. The van der Waals surface area contributed by atoms with E-state index < -0.39 is 12.7 Å². The van der Waals surface area contributed by atoms with Gasteiger partial charge in [0.15, 0.2) is 0 Å². The first-order valence-electron chi connectivity index (χ1n) is 15.4. The summed E-state index contributed by atoms with van der Waals surface area (Å²) in [5, 5.41) is 5.85. The van der Waals surface area contributed by atoms with E-state index in [9.17, 15) is 22.8 Å². The highest BCUT2D eigenvalue weighted by Crippen LogP contribution is 2.33. The van der Waals surface area contributed by atoms with Crippen LogP contribution in [-0.2, 0) is 6.54 Å². The number of halogens is 3. The molecule has 0 bridgehead atoms. The molecule has 1 aliphatic heterocycles. The van der Waals surface area contributed by atoms with Crippen molar-refractivity contribution < 1.29 is 22.7 Å². The Bertz CT molecular complexity index is 1680. The van der Waals surface area contributed by atoms with Gasteiger partial charge in [0.2, 0.25) is 0 Å². The Morgan fingerprint density at radius 1 is 1.17 bits per heavy atom. The third-order valence-electron chi connectivity index (χ3n) is 8.46. The summed E-state index contributed by atoms with van der Waals surface area (Å²) >= 11 is 0. The number of H-pyrrole nitrogens is 1. The minimum Gasteiger partial charge on any atom is -0.496 e. The normalized spacial score (nSPS) is 16.1. The maximum Gasteiger partial charge on any atom is 0.401 e. The molecule has 4 rings (SSSR count). The lowest BCUT2D eigenvalue weighted by molar-refractivity contribution is -0.149. The Morgan fingerprint density at radius 2 is 1.87 bits per heavy atom. The summed E-state index contributed by atoms with van der Waals surface area (Å²) < 4.78 is 46.6. The number of nitrogens with one attached hydrogen (secondary N) is 3. The largest absolute Gasteiger partial charge is 0.496 e. The summed E-state index contributed by atoms with van der Waals surface area (Å²) in [6, 6.07) is 5.29. The van der Waals surface area contributed by atoms with Gasteiger partial charge in [-0.25, -0.2) is 0 Å². The molecule has 13 heteroatoms. The van der Waals surface area contributed by atoms with E-state index in [1.54, 1.807) is 20.0 Å². The molecule has 0 spiro atoms. The van der Waals surface area contributed by atoms with Crippen LogP contribution in [0.1, 0.15) is 64.7 Å². The van der Waals surface area contributed by atoms with E-state index in [4.69, 9.17) is 10.5 Å². The first kappa shape index (κ1) is 34.6. The van der Waals surface area contributed by atoms with Gasteiger partial charge in [-0.15, -0.1) is 0 Å². The molecule has 10 nitrogen and oxygen atoms in total. The lowest BCUT2D eigenvalue weighted by Crippen LogP contribution is -2.49. The van der Waals surface area contributed by atoms with E-state index in [0.29, 0.717) is 41.5 Å². The number of aryl methyl sites for hydroxylation is 1. The van der Waals surface area contributed by atoms with Crippen LogP contribution in [0.2, 0.25) is 0 Å². The number of aromatic nitrogens is 2. The first-order chi connectivity index (χ1) is 21.8. The number of alkyl halides is 3. The van der Waals surface area contributed by atoms with Crippen LogP contribution < -0.4 is 26.7 Å². The van der Waals surface area contributed by atoms with Crippen LogP contribution in [0, 0.1) is 13.8 Å². The number of piperazine rings is 1. The molecule has 3 aromatic heterocycles. The molecule has 0 saturated carbocycles. The van der Waals surface area contributed by atoms with Gasteiger partial charge in [0, 0.05) is 68.0 Å². The zero-order valence-corrected chi connectivity index (χ0v) is 27.3. The van der Waals surface area contributed by atoms with E-state index in [1.807, 2.05) is 45.2 Å². The molecule has 1 aliphatic rings. The van der Waals surface area contributed by atoms with Gasteiger partial charge in [-0.2, -0.15) is 13.2 Å². The Balaban J connectivity index is 1.78. The topological polar surface area (TPSA) is 120 Å². The summed E-state index contributed by atoms with van der Waals surface area (Å²) in [7, 11) is 3.21. The molecular weight excluding hydrogens is 599 g/mol. The van der Waals surface area contributed by atoms with Gasteiger partial charge in [-0.3, -0.25) is 19.4 Å². The number of aromatic amines is 1. The fraction of sp³-hybridized carbons (Fsp3) is 0.455. The number of amides is 1. The van der Waals surface area contributed by atoms with Crippen molar-refractivity contribution in [3.63, 3.8) is 0 Å². The predicted octanol–water partition coefficient (Wildman–Crippen LogP) is 4.24. The number of nitrogens with two attached hydrogens (primary N) is 1. The van der Waals surface area contributed by atoms with Gasteiger partial charge in [0.05, 0.1) is 37.1 Å². The van der Waals surface area contributed by atoms with E-state index in [1.165, 1.54) is 12.0 Å². The number of allylic oxidation sites excluding steroid dienone is 3. The molecule has 4 heterocycles. The molecule has 0 unspecified atom stereocenters. The highest BCUT2D eigenvalue weighted by atomic mass is 19.4. The van der Waals surface area contributed by atoms with Crippen molar-refractivity contribution in [2.75, 3.05) is 46.9 Å². The Kier molecular flexibility index (Phi) is 10.9. The number of rotatable bonds is 11. The van der Waals surface area contributed by atoms with Gasteiger partial charge in [0.1, 0.15) is 5.75 Å². The lowest BCUT2D eigenvalue weighted by Gasteiger charge is -2.39. The van der Waals surface area contributed by atoms with Gasteiger partial charge in [0.25, 0.3) is 11.5 Å². The van der Waals surface area contributed by atoms with Crippen molar-refractivity contribution in [3.8, 4) is 5.75 Å². The third kappa shape index (κ3) is 7.76. The molecular formula is C33H44F3N7O3. The molecule has 1 amide bonds. The monoisotopic (exact) mass is 643 g/mol. The van der Waals surface area contributed by atoms with Crippen molar-refractivity contribution in [3.05, 3.63) is 86.4 Å². The molecule has 250 valence electrons. The van der Waals surface area contributed by atoms with Crippen molar-refractivity contribution in [2.45, 2.75) is 52.9 Å². The zero-order chi connectivity index (χ0) is 33.8. The van der Waals surface area contributed by atoms with Crippen LogP contribution in [0.4, 0.5) is 13.2 Å². The quantitative estimate of drug-likeness (QED) is 0.231. The van der Waals surface area contributed by atoms with E-state index in [-0.39, 0.29) is 37.1 Å². The Morgan fingerprint density at radius 3 is 2.48 bits per heavy atom. The minimum atomic E-state index is -4.25. The number of nitrogens with zero attached hydrogens (tertiary/aromatic N) is 3. The predicted molar refractivity (Wildman–Crippen MR) is 174 cm³/mol. The molecule has 0 radical (unpaired) electrons. The van der Waals surface area contributed by atoms with Crippen molar-refractivity contribution in [1.29, 1.82) is 0 Å². The van der Waals surface area contributed by atoms with E-state index >= 15 is 0 Å². The third-order valence-corrected chi connectivity index (χ3v) is 8.46. The van der Waals surface area contributed by atoms with Crippen molar-refractivity contribution in [1.82, 2.24) is 29.8 Å². The molecule has 5 N–H and O–H groups in total. The van der Waals surface area contributed by atoms with Crippen LogP contribution >= 0.6 is 0 Å². The van der Waals surface area contributed by atoms with E-state index in [0.717, 1.165) is 34.3 Å². The molecule has 0 aliphatic carbocycles. The van der Waals surface area contributed by atoms with Crippen LogP contribution in [-0.4, -0.2) is 78.1 Å². The van der Waals surface area contributed by atoms with Gasteiger partial charge >= 0.3 is 6.18 Å². The number of carbonyl (C=O) groups is 1. The summed E-state index contributed by atoms with van der Waals surface area (Å²) in [5.74, 6) is 0.487. The maximum absolute atomic E-state index is 13.9. The fourth-order valence-corrected chi connectivity index (χ4v) is 6.10. The van der Waals surface area contributed by atoms with Gasteiger partial charge in [-0.05, 0) is 62.6 Å². The highest BCUT2D eigenvalue weighted by molar-refractivity contribution is 5.98. The fourth-order valence-electron chi connectivity index (χ4n) is 6.10. The average Bonchev–Trinajstić information content (AvgIpc) is 3.42. The summed E-state index contributed by atoms with van der Waals surface area (Å²) in [5.41, 5.74) is 11.3. The molecule has 0 aromatic carbocycles. The standard InChI is InChI=1S/C33H44F3N7O3/c1-7-8-23(16-29(37)38-5)24-9-10-43-27(24)17-25(31(44)39-18-26-28(46-6)15-20(2)40-32(26)45)21(3)30(43)22(4)42-13-11-41(12-14-42)19-33(34,35)36/h8-10,15-17,22,38H,7,11-14,18-19,37H2,1-6H3,(H,39,44)(H,40,45)/b23-8+,29-16+/t22-/m0/s1. The molecule has 1 saturated heterocycles. The highest BCUT2D eigenvalue weighted by Gasteiger charge is 2.34. The van der Waals surface area contributed by atoms with Crippen molar-refractivity contribution in [2.24, 2.45) is 5.73 Å². The van der Waals surface area contributed by atoms with Gasteiger partial charge < -0.3 is 30.5 Å². The summed E-state index contributed by atoms with van der Waals surface area (Å²) in [4.78, 5) is 32.9. The average molecular weight is 644 g/mol. The molecule has 3 aromatic rings. The Labute approximate surface area is 267 Å². The van der Waals surface area contributed by atoms with Crippen LogP contribution in [0.5, 0.6) is 5.75 Å². The number of fused-ring (bicyclic) bond motifs is 1. The van der Waals surface area contributed by atoms with Gasteiger partial charge in [-0.1, -0.05) is 13.0 Å². The second-order valence-electron chi connectivity index (χ2n) is 11.6. The number of pyridine rings is 2. The summed E-state index contributed by atoms with van der Waals surface area (Å²) in [6.45, 7) is 8.15. The number of methoxy groups -OCH3 is 1. The first-order valence-corrected chi connectivity index (χ1v) is 15.4. The second kappa shape index (κ2) is 14.5. The molecule has 1 atom stereocenters. The molecule has 1 fully saturated rings. The zero-order valence-electron chi connectivity index (χ0n) is 27.3. The van der Waals surface area contributed by atoms with Crippen LogP contribution in [0.25, 0.3) is 11.1 Å². The van der Waals surface area contributed by atoms with Crippen LogP contribution in [0.15, 0.2) is 47.2 Å². The Hall–Kier alpha value is -4.23. The second-order valence-corrected chi connectivity index (χ2v) is 11.6. The smallest absolute Gasteiger partial charge is 0.401 e. The molecule has 46 heavy (non-hydrogen) atoms. The lowest BCUT2D eigenvalue weighted by atomic mass is 9.98. The number of ether oxygens (including phenoxy) is 1. The van der Waals surface area contributed by atoms with E-state index in [2.05, 4.69) is 31.0 Å². The minimum absolute atomic E-state index is 0.0510. The number of hydrogen-bond donors (Lipinski definition) is 4. The number of carbonyl (C=O) groups excluding carboxylic acids is 1. The maximum atomic E-state index is 13.9. The van der Waals surface area contributed by atoms with Crippen molar-refractivity contribution >= 4 is 17.0 Å². The summed E-state index contributed by atoms with van der Waals surface area (Å²) in [6.07, 6.45) is 2.35.